The molecule has 1 N–H and O–H groups in total. The van der Waals surface area contributed by atoms with Crippen molar-refractivity contribution in [3.8, 4) is 11.5 Å². The van der Waals surface area contributed by atoms with Crippen LogP contribution in [0.4, 0.5) is 5.69 Å². The number of nitrogens with one attached hydrogen (secondary N) is 1. The van der Waals surface area contributed by atoms with Crippen LogP contribution >= 0.6 is 0 Å². The van der Waals surface area contributed by atoms with Crippen LogP contribution in [0.5, 0.6) is 11.5 Å². The van der Waals surface area contributed by atoms with Gasteiger partial charge in [0.05, 0.1) is 18.2 Å². The summed E-state index contributed by atoms with van der Waals surface area (Å²) in [6, 6.07) is 12.7. The lowest BCUT2D eigenvalue weighted by atomic mass is 10.2. The van der Waals surface area contributed by atoms with Crippen LogP contribution in [-0.2, 0) is 4.79 Å². The molecule has 0 saturated carbocycles. The van der Waals surface area contributed by atoms with Crippen molar-refractivity contribution in [2.24, 2.45) is 5.10 Å². The highest BCUT2D eigenvalue weighted by atomic mass is 16.6. The van der Waals surface area contributed by atoms with Crippen molar-refractivity contribution in [2.75, 3.05) is 7.11 Å². The van der Waals surface area contributed by atoms with Gasteiger partial charge in [0.15, 0.2) is 6.10 Å². The zero-order valence-corrected chi connectivity index (χ0v) is 13.7. The van der Waals surface area contributed by atoms with E-state index in [-0.39, 0.29) is 5.69 Å². The first kappa shape index (κ1) is 17.9. The van der Waals surface area contributed by atoms with Crippen molar-refractivity contribution >= 4 is 17.8 Å². The molecule has 130 valence electrons. The summed E-state index contributed by atoms with van der Waals surface area (Å²) < 4.78 is 10.6. The maximum Gasteiger partial charge on any atom is 0.280 e. The first-order valence-corrected chi connectivity index (χ1v) is 7.38. The molecule has 0 fully saturated rings. The fraction of sp³-hybridized carbons (Fsp3) is 0.176. The Kier molecular flexibility index (Phi) is 6.05. The summed E-state index contributed by atoms with van der Waals surface area (Å²) in [4.78, 5) is 22.1. The van der Waals surface area contributed by atoms with Gasteiger partial charge in [0.1, 0.15) is 11.5 Å². The van der Waals surface area contributed by atoms with Crippen LogP contribution in [0.15, 0.2) is 53.6 Å². The van der Waals surface area contributed by atoms with E-state index in [1.807, 2.05) is 12.1 Å². The summed E-state index contributed by atoms with van der Waals surface area (Å²) >= 11 is 0. The molecule has 0 saturated heterocycles. The van der Waals surface area contributed by atoms with Crippen LogP contribution < -0.4 is 14.9 Å². The third kappa shape index (κ3) is 5.03. The average molecular weight is 343 g/mol. The smallest absolute Gasteiger partial charge is 0.280 e. The maximum absolute atomic E-state index is 12.0. The molecule has 1 atom stereocenters. The molecule has 0 heterocycles. The zero-order chi connectivity index (χ0) is 18.2. The number of nitrogens with zero attached hydrogens (tertiary/aromatic N) is 2. The van der Waals surface area contributed by atoms with E-state index < -0.39 is 16.9 Å². The van der Waals surface area contributed by atoms with Gasteiger partial charge >= 0.3 is 0 Å². The maximum atomic E-state index is 12.0. The van der Waals surface area contributed by atoms with Gasteiger partial charge in [-0.25, -0.2) is 5.43 Å². The first-order chi connectivity index (χ1) is 12.0. The Balaban J connectivity index is 1.91. The molecule has 0 aliphatic heterocycles. The third-order valence-corrected chi connectivity index (χ3v) is 3.25. The molecule has 1 unspecified atom stereocenters. The van der Waals surface area contributed by atoms with Crippen molar-refractivity contribution in [3.05, 3.63) is 64.2 Å². The van der Waals surface area contributed by atoms with Crippen LogP contribution in [-0.4, -0.2) is 30.3 Å². The van der Waals surface area contributed by atoms with Crippen LogP contribution in [0.25, 0.3) is 0 Å². The highest BCUT2D eigenvalue weighted by Gasteiger charge is 2.14. The minimum Gasteiger partial charge on any atom is -0.496 e. The number of carbonyl (C=O) groups excluding carboxylic acids is 1. The second kappa shape index (κ2) is 8.44. The predicted molar refractivity (Wildman–Crippen MR) is 91.9 cm³/mol. The van der Waals surface area contributed by atoms with Crippen molar-refractivity contribution < 1.29 is 19.2 Å². The molecule has 0 aromatic heterocycles. The molecule has 0 radical (unpaired) electrons. The predicted octanol–water partition coefficient (Wildman–Crippen LogP) is 2.52. The van der Waals surface area contributed by atoms with E-state index in [0.717, 1.165) is 0 Å². The molecule has 0 spiro atoms. The van der Waals surface area contributed by atoms with Crippen molar-refractivity contribution in [1.29, 1.82) is 0 Å². The van der Waals surface area contributed by atoms with Crippen molar-refractivity contribution in [3.63, 3.8) is 0 Å². The lowest BCUT2D eigenvalue weighted by molar-refractivity contribution is -0.384. The largest absolute Gasteiger partial charge is 0.496 e. The topological polar surface area (TPSA) is 103 Å². The van der Waals surface area contributed by atoms with Crippen molar-refractivity contribution in [2.45, 2.75) is 13.0 Å². The molecule has 2 aromatic rings. The monoisotopic (exact) mass is 343 g/mol. The molecule has 0 aliphatic carbocycles. The van der Waals surface area contributed by atoms with Gasteiger partial charge in [-0.15, -0.1) is 0 Å². The number of hydrogen-bond acceptors (Lipinski definition) is 6. The zero-order valence-electron chi connectivity index (χ0n) is 13.7. The number of rotatable bonds is 7. The molecule has 0 bridgehead atoms. The quantitative estimate of drug-likeness (QED) is 0.473. The minimum atomic E-state index is -0.823. The van der Waals surface area contributed by atoms with Gasteiger partial charge in [-0.05, 0) is 31.2 Å². The van der Waals surface area contributed by atoms with Crippen LogP contribution in [0.1, 0.15) is 12.5 Å². The fourth-order valence-corrected chi connectivity index (χ4v) is 1.93. The SMILES string of the molecule is COc1ccccc1/C=N/NC(=O)C(C)Oc1ccc([N+](=O)[O-])cc1. The molecule has 2 aromatic carbocycles. The number of non-ortho nitro benzene ring substituents is 1. The van der Waals surface area contributed by atoms with E-state index in [1.165, 1.54) is 30.5 Å². The molecule has 1 amide bonds. The lowest BCUT2D eigenvalue weighted by Gasteiger charge is -2.12. The summed E-state index contributed by atoms with van der Waals surface area (Å²) in [6.45, 7) is 1.55. The number of ether oxygens (including phenoxy) is 2. The summed E-state index contributed by atoms with van der Waals surface area (Å²) in [5.74, 6) is 0.530. The Morgan fingerprint density at radius 2 is 1.92 bits per heavy atom. The van der Waals surface area contributed by atoms with Gasteiger partial charge in [0.25, 0.3) is 11.6 Å². The molecule has 8 heteroatoms. The van der Waals surface area contributed by atoms with E-state index >= 15 is 0 Å². The number of para-hydroxylation sites is 1. The normalized spacial score (nSPS) is 11.8. The molecular formula is C17H17N3O5. The number of nitro groups is 1. The lowest BCUT2D eigenvalue weighted by Crippen LogP contribution is -2.33. The Labute approximate surface area is 144 Å². The van der Waals surface area contributed by atoms with Crippen molar-refractivity contribution in [1.82, 2.24) is 5.43 Å². The Morgan fingerprint density at radius 1 is 1.24 bits per heavy atom. The van der Waals surface area contributed by atoms with E-state index in [0.29, 0.717) is 17.1 Å². The summed E-state index contributed by atoms with van der Waals surface area (Å²) in [5, 5.41) is 14.5. The molecule has 25 heavy (non-hydrogen) atoms. The van der Waals surface area contributed by atoms with E-state index in [2.05, 4.69) is 10.5 Å². The van der Waals surface area contributed by atoms with Gasteiger partial charge in [0.2, 0.25) is 0 Å². The highest BCUT2D eigenvalue weighted by Crippen LogP contribution is 2.18. The molecule has 2 rings (SSSR count). The van der Waals surface area contributed by atoms with E-state index in [4.69, 9.17) is 9.47 Å². The highest BCUT2D eigenvalue weighted by molar-refractivity contribution is 5.86. The van der Waals surface area contributed by atoms with Crippen LogP contribution in [0.3, 0.4) is 0 Å². The first-order valence-electron chi connectivity index (χ1n) is 7.38. The van der Waals surface area contributed by atoms with Crippen LogP contribution in [0, 0.1) is 10.1 Å². The Bertz CT molecular complexity index is 774. The molecule has 0 aliphatic rings. The fourth-order valence-electron chi connectivity index (χ4n) is 1.93. The summed E-state index contributed by atoms with van der Waals surface area (Å²) in [7, 11) is 1.55. The molecule has 8 nitrogen and oxygen atoms in total. The number of benzene rings is 2. The number of amides is 1. The van der Waals surface area contributed by atoms with Gasteiger partial charge in [0, 0.05) is 17.7 Å². The third-order valence-electron chi connectivity index (χ3n) is 3.25. The molecular weight excluding hydrogens is 326 g/mol. The second-order valence-electron chi connectivity index (χ2n) is 4.99. The Morgan fingerprint density at radius 3 is 2.56 bits per heavy atom. The average Bonchev–Trinajstić information content (AvgIpc) is 2.62. The summed E-state index contributed by atoms with van der Waals surface area (Å²) in [5.41, 5.74) is 3.04. The number of nitro benzene ring substituents is 1. The van der Waals surface area contributed by atoms with E-state index in [1.54, 1.807) is 26.2 Å². The van der Waals surface area contributed by atoms with Gasteiger partial charge in [-0.2, -0.15) is 5.10 Å². The van der Waals surface area contributed by atoms with E-state index in [9.17, 15) is 14.9 Å². The van der Waals surface area contributed by atoms with Gasteiger partial charge in [-0.1, -0.05) is 12.1 Å². The number of carbonyl (C=O) groups is 1. The number of hydrazone groups is 1. The van der Waals surface area contributed by atoms with Crippen LogP contribution in [0.2, 0.25) is 0 Å². The van der Waals surface area contributed by atoms with Gasteiger partial charge in [-0.3, -0.25) is 14.9 Å². The standard InChI is InChI=1S/C17H17N3O5/c1-12(25-15-9-7-14(8-10-15)20(22)23)17(21)19-18-11-13-5-3-4-6-16(13)24-2/h3-12H,1-2H3,(H,19,21)/b18-11+. The second-order valence-corrected chi connectivity index (χ2v) is 4.99. The van der Waals surface area contributed by atoms with Gasteiger partial charge < -0.3 is 9.47 Å². The Hall–Kier alpha value is -3.42. The summed E-state index contributed by atoms with van der Waals surface area (Å²) in [6.07, 6.45) is 0.645. The minimum absolute atomic E-state index is 0.0501. The number of hydrogen-bond donors (Lipinski definition) is 1. The number of methoxy groups -OCH3 is 1.